The predicted molar refractivity (Wildman–Crippen MR) is 41.7 cm³/mol. The summed E-state index contributed by atoms with van der Waals surface area (Å²) in [7, 11) is 0. The number of halogens is 1. The van der Waals surface area contributed by atoms with Crippen LogP contribution in [-0.4, -0.2) is 16.2 Å². The first-order chi connectivity index (χ1) is 5.29. The lowest BCUT2D eigenvalue weighted by Gasteiger charge is -1.99. The van der Waals surface area contributed by atoms with E-state index >= 15 is 0 Å². The number of hydrogen-bond donors (Lipinski definition) is 0. The molecule has 0 fully saturated rings. The molecule has 0 radical (unpaired) electrons. The second-order valence-electron chi connectivity index (χ2n) is 2.21. The van der Waals surface area contributed by atoms with Crippen molar-refractivity contribution in [2.45, 2.75) is 6.54 Å². The zero-order valence-electron chi connectivity index (χ0n) is 5.58. The van der Waals surface area contributed by atoms with Crippen LogP contribution in [0, 0.1) is 0 Å². The molecule has 1 aliphatic rings. The van der Waals surface area contributed by atoms with Crippen molar-refractivity contribution in [1.29, 1.82) is 0 Å². The Hall–Kier alpha value is -0.840. The number of nitrogens with zero attached hydrogens (tertiary/aromatic N) is 2. The van der Waals surface area contributed by atoms with Gasteiger partial charge >= 0.3 is 0 Å². The normalized spacial score (nSPS) is 14.3. The minimum absolute atomic E-state index is 0.279. The highest BCUT2D eigenvalue weighted by atomic mass is 79.9. The largest absolute Gasteiger partial charge is 0.476 e. The van der Waals surface area contributed by atoms with Crippen LogP contribution in [-0.2, 0) is 6.54 Å². The second kappa shape index (κ2) is 2.34. The summed E-state index contributed by atoms with van der Waals surface area (Å²) in [5, 5.41) is 0. The number of rotatable bonds is 0. The molecule has 0 amide bonds. The number of ether oxygens (including phenoxy) is 1. The molecule has 11 heavy (non-hydrogen) atoms. The lowest BCUT2D eigenvalue weighted by atomic mass is 10.6. The highest BCUT2D eigenvalue weighted by Gasteiger charge is 2.15. The van der Waals surface area contributed by atoms with Crippen LogP contribution in [0.3, 0.4) is 0 Å². The summed E-state index contributed by atoms with van der Waals surface area (Å²) in [6.45, 7) is 1.38. The van der Waals surface area contributed by atoms with Gasteiger partial charge in [-0.05, 0) is 15.9 Å². The van der Waals surface area contributed by atoms with Gasteiger partial charge < -0.3 is 4.74 Å². The van der Waals surface area contributed by atoms with Crippen LogP contribution < -0.4 is 10.3 Å². The second-order valence-corrected chi connectivity index (χ2v) is 3.00. The van der Waals surface area contributed by atoms with Crippen molar-refractivity contribution in [1.82, 2.24) is 9.55 Å². The van der Waals surface area contributed by atoms with Crippen molar-refractivity contribution >= 4 is 15.9 Å². The highest BCUT2D eigenvalue weighted by molar-refractivity contribution is 9.10. The summed E-state index contributed by atoms with van der Waals surface area (Å²) in [6, 6.07) is 0. The Morgan fingerprint density at radius 2 is 2.55 bits per heavy atom. The fourth-order valence-corrected chi connectivity index (χ4v) is 1.44. The first-order valence-corrected chi connectivity index (χ1v) is 3.96. The average Bonchev–Trinajstić information content (AvgIpc) is 2.45. The molecule has 1 aromatic rings. The Morgan fingerprint density at radius 3 is 3.36 bits per heavy atom. The van der Waals surface area contributed by atoms with Gasteiger partial charge in [-0.15, -0.1) is 0 Å². The van der Waals surface area contributed by atoms with Crippen LogP contribution >= 0.6 is 15.9 Å². The Bertz CT molecular complexity index is 347. The Balaban J connectivity index is 2.72. The van der Waals surface area contributed by atoms with E-state index in [4.69, 9.17) is 4.74 Å². The molecule has 0 bridgehead atoms. The van der Waals surface area contributed by atoms with Gasteiger partial charge in [0.1, 0.15) is 17.4 Å². The molecular weight excluding hydrogens is 212 g/mol. The Kier molecular flexibility index (Phi) is 1.45. The summed E-state index contributed by atoms with van der Waals surface area (Å²) in [5.74, 6) is 0.588. The van der Waals surface area contributed by atoms with Crippen molar-refractivity contribution in [2.75, 3.05) is 6.61 Å². The van der Waals surface area contributed by atoms with E-state index in [1.165, 1.54) is 6.33 Å². The van der Waals surface area contributed by atoms with Gasteiger partial charge in [0.2, 0.25) is 5.88 Å². The van der Waals surface area contributed by atoms with Crippen molar-refractivity contribution in [2.24, 2.45) is 0 Å². The van der Waals surface area contributed by atoms with Crippen molar-refractivity contribution in [3.8, 4) is 5.88 Å². The third-order valence-corrected chi connectivity index (χ3v) is 2.20. The monoisotopic (exact) mass is 216 g/mol. The molecule has 0 spiro atoms. The quantitative estimate of drug-likeness (QED) is 0.631. The molecule has 2 rings (SSSR count). The molecule has 1 aromatic heterocycles. The van der Waals surface area contributed by atoms with E-state index in [0.717, 1.165) is 6.54 Å². The number of fused-ring (bicyclic) bond motifs is 1. The third kappa shape index (κ3) is 0.956. The number of aromatic nitrogens is 2. The van der Waals surface area contributed by atoms with E-state index in [1.807, 2.05) is 0 Å². The first kappa shape index (κ1) is 6.84. The van der Waals surface area contributed by atoms with Gasteiger partial charge in [-0.25, -0.2) is 0 Å². The maximum atomic E-state index is 10.9. The van der Waals surface area contributed by atoms with Crippen LogP contribution in [0.4, 0.5) is 0 Å². The molecule has 0 saturated heterocycles. The van der Waals surface area contributed by atoms with E-state index < -0.39 is 0 Å². The third-order valence-electron chi connectivity index (χ3n) is 1.52. The first-order valence-electron chi connectivity index (χ1n) is 3.17. The molecule has 0 N–H and O–H groups in total. The zero-order valence-corrected chi connectivity index (χ0v) is 7.17. The van der Waals surface area contributed by atoms with Crippen LogP contribution in [0.15, 0.2) is 15.6 Å². The zero-order chi connectivity index (χ0) is 7.84. The van der Waals surface area contributed by atoms with Gasteiger partial charge in [0.05, 0.1) is 6.54 Å². The fourth-order valence-electron chi connectivity index (χ4n) is 0.995. The maximum absolute atomic E-state index is 10.9. The van der Waals surface area contributed by atoms with E-state index in [1.54, 1.807) is 4.57 Å². The minimum atomic E-state index is -0.279. The number of hydrogen-bond acceptors (Lipinski definition) is 3. The van der Waals surface area contributed by atoms with E-state index in [9.17, 15) is 4.79 Å². The molecule has 4 nitrogen and oxygen atoms in total. The van der Waals surface area contributed by atoms with Crippen molar-refractivity contribution in [3.05, 3.63) is 21.2 Å². The van der Waals surface area contributed by atoms with Gasteiger partial charge in [0.15, 0.2) is 0 Å². The average molecular weight is 217 g/mol. The smallest absolute Gasteiger partial charge is 0.290 e. The molecule has 1 aliphatic heterocycles. The van der Waals surface area contributed by atoms with E-state index in [0.29, 0.717) is 17.0 Å². The summed E-state index contributed by atoms with van der Waals surface area (Å²) < 4.78 is 7.40. The molecular formula is C6H5BrN2O2. The van der Waals surface area contributed by atoms with Gasteiger partial charge in [-0.1, -0.05) is 0 Å². The highest BCUT2D eigenvalue weighted by Crippen LogP contribution is 2.23. The molecule has 0 aliphatic carbocycles. The maximum Gasteiger partial charge on any atom is 0.290 e. The lowest BCUT2D eigenvalue weighted by molar-refractivity contribution is 0.354. The van der Waals surface area contributed by atoms with E-state index in [2.05, 4.69) is 20.9 Å². The predicted octanol–water partition coefficient (Wildman–Crippen LogP) is 0.398. The van der Waals surface area contributed by atoms with Crippen LogP contribution in [0.2, 0.25) is 0 Å². The van der Waals surface area contributed by atoms with Crippen molar-refractivity contribution < 1.29 is 4.74 Å². The Morgan fingerprint density at radius 1 is 1.73 bits per heavy atom. The van der Waals surface area contributed by atoms with Crippen LogP contribution in [0.5, 0.6) is 5.88 Å². The van der Waals surface area contributed by atoms with Crippen LogP contribution in [0.25, 0.3) is 0 Å². The molecule has 0 aromatic carbocycles. The molecule has 2 heterocycles. The van der Waals surface area contributed by atoms with Crippen LogP contribution in [0.1, 0.15) is 0 Å². The summed E-state index contributed by atoms with van der Waals surface area (Å²) in [4.78, 5) is 14.6. The minimum Gasteiger partial charge on any atom is -0.476 e. The standard InChI is InChI=1S/C6H5BrN2O2/c7-4-5(10)8-3-9-1-2-11-6(4)9/h3H,1-2H2. The topological polar surface area (TPSA) is 44.1 Å². The SMILES string of the molecule is O=c1ncn2c(c1Br)OCC2. The van der Waals surface area contributed by atoms with Gasteiger partial charge in [0.25, 0.3) is 5.56 Å². The summed E-state index contributed by atoms with van der Waals surface area (Å²) in [6.07, 6.45) is 1.50. The summed E-state index contributed by atoms with van der Waals surface area (Å²) >= 11 is 3.11. The van der Waals surface area contributed by atoms with E-state index in [-0.39, 0.29) is 5.56 Å². The molecule has 0 atom stereocenters. The molecule has 58 valence electrons. The molecule has 0 saturated carbocycles. The summed E-state index contributed by atoms with van der Waals surface area (Å²) in [5.41, 5.74) is -0.279. The molecule has 5 heteroatoms. The molecule has 0 unspecified atom stereocenters. The van der Waals surface area contributed by atoms with Gasteiger partial charge in [-0.2, -0.15) is 4.98 Å². The fraction of sp³-hybridized carbons (Fsp3) is 0.333. The van der Waals surface area contributed by atoms with Gasteiger partial charge in [0, 0.05) is 0 Å². The van der Waals surface area contributed by atoms with Crippen molar-refractivity contribution in [3.63, 3.8) is 0 Å². The Labute approximate surface area is 70.9 Å². The van der Waals surface area contributed by atoms with Gasteiger partial charge in [-0.3, -0.25) is 9.36 Å². The lowest BCUT2D eigenvalue weighted by Crippen LogP contribution is -2.10.